The summed E-state index contributed by atoms with van der Waals surface area (Å²) in [6.07, 6.45) is 0. The predicted molar refractivity (Wildman–Crippen MR) is 111 cm³/mol. The van der Waals surface area contributed by atoms with Crippen molar-refractivity contribution in [3.8, 4) is 11.3 Å². The van der Waals surface area contributed by atoms with Gasteiger partial charge < -0.3 is 10.7 Å². The second-order valence-electron chi connectivity index (χ2n) is 6.63. The zero-order valence-corrected chi connectivity index (χ0v) is 15.9. The number of ketones is 1. The summed E-state index contributed by atoms with van der Waals surface area (Å²) in [4.78, 5) is 27.7. The van der Waals surface area contributed by atoms with Crippen molar-refractivity contribution in [1.82, 2.24) is 14.6 Å². The molecule has 4 rings (SSSR count). The van der Waals surface area contributed by atoms with E-state index in [4.69, 9.17) is 5.73 Å². The highest BCUT2D eigenvalue weighted by atomic mass is 16.1. The summed E-state index contributed by atoms with van der Waals surface area (Å²) in [5.74, 6) is -0.278. The number of carbonyl (C=O) groups is 1. The van der Waals surface area contributed by atoms with E-state index in [1.165, 1.54) is 11.4 Å². The molecular formula is C21H18N6O2. The molecule has 0 amide bonds. The topological polar surface area (TPSA) is 118 Å². The monoisotopic (exact) mass is 386 g/mol. The standard InChI is InChI=1S/C21H18N6O2/c1-12-8-10-14(11-9-12)18-16(13(2)28)21(29)23-20-17(19(22)26-27(18)20)25-24-15-6-4-3-5-7-15/h3-11H,1-2H3,(H2,22,26)(H,23,29). The second-order valence-corrected chi connectivity index (χ2v) is 6.63. The van der Waals surface area contributed by atoms with Crippen LogP contribution in [0, 0.1) is 6.92 Å². The van der Waals surface area contributed by atoms with Gasteiger partial charge in [0.15, 0.2) is 22.9 Å². The molecule has 0 unspecified atom stereocenters. The molecular weight excluding hydrogens is 368 g/mol. The second kappa shape index (κ2) is 7.16. The lowest BCUT2D eigenvalue weighted by Crippen LogP contribution is -2.21. The number of H-pyrrole nitrogens is 1. The molecule has 8 nitrogen and oxygen atoms in total. The van der Waals surface area contributed by atoms with Crippen molar-refractivity contribution < 1.29 is 4.79 Å². The quantitative estimate of drug-likeness (QED) is 0.403. The van der Waals surface area contributed by atoms with Crippen LogP contribution in [0.5, 0.6) is 0 Å². The highest BCUT2D eigenvalue weighted by Crippen LogP contribution is 2.32. The molecule has 144 valence electrons. The average Bonchev–Trinajstić information content (AvgIpc) is 3.01. The molecule has 2 aromatic heterocycles. The number of rotatable bonds is 4. The number of nitrogen functional groups attached to an aromatic ring is 1. The Kier molecular flexibility index (Phi) is 4.52. The maximum Gasteiger partial charge on any atom is 0.262 e. The van der Waals surface area contributed by atoms with Crippen molar-refractivity contribution in [3.63, 3.8) is 0 Å². The van der Waals surface area contributed by atoms with Gasteiger partial charge in [-0.2, -0.15) is 5.11 Å². The summed E-state index contributed by atoms with van der Waals surface area (Å²) in [7, 11) is 0. The summed E-state index contributed by atoms with van der Waals surface area (Å²) in [6.45, 7) is 3.30. The number of aromatic amines is 1. The Morgan fingerprint density at radius 3 is 2.41 bits per heavy atom. The van der Waals surface area contributed by atoms with Crippen molar-refractivity contribution in [3.05, 3.63) is 76.1 Å². The molecule has 0 fully saturated rings. The van der Waals surface area contributed by atoms with Crippen molar-refractivity contribution in [2.75, 3.05) is 5.73 Å². The summed E-state index contributed by atoms with van der Waals surface area (Å²) >= 11 is 0. The Balaban J connectivity index is 1.99. The van der Waals surface area contributed by atoms with E-state index in [2.05, 4.69) is 20.3 Å². The van der Waals surface area contributed by atoms with Crippen LogP contribution in [0.15, 0.2) is 69.6 Å². The van der Waals surface area contributed by atoms with Gasteiger partial charge in [-0.15, -0.1) is 10.2 Å². The fraction of sp³-hybridized carbons (Fsp3) is 0.0952. The van der Waals surface area contributed by atoms with Gasteiger partial charge in [0.25, 0.3) is 5.56 Å². The maximum absolute atomic E-state index is 12.7. The van der Waals surface area contributed by atoms with Crippen LogP contribution >= 0.6 is 0 Å². The molecule has 3 N–H and O–H groups in total. The third kappa shape index (κ3) is 3.31. The van der Waals surface area contributed by atoms with Crippen LogP contribution < -0.4 is 11.3 Å². The van der Waals surface area contributed by atoms with E-state index < -0.39 is 5.56 Å². The van der Waals surface area contributed by atoms with Crippen molar-refractivity contribution in [2.24, 2.45) is 10.2 Å². The van der Waals surface area contributed by atoms with Gasteiger partial charge >= 0.3 is 0 Å². The number of Topliss-reactive ketones (excluding diaryl/α,β-unsaturated/α-hetero) is 1. The molecule has 2 aromatic carbocycles. The molecule has 0 saturated heterocycles. The summed E-state index contributed by atoms with van der Waals surface area (Å²) in [6, 6.07) is 16.6. The minimum atomic E-state index is -0.531. The molecule has 0 radical (unpaired) electrons. The zero-order chi connectivity index (χ0) is 20.5. The fourth-order valence-corrected chi connectivity index (χ4v) is 3.09. The third-order valence-corrected chi connectivity index (χ3v) is 4.49. The minimum absolute atomic E-state index is 0.00963. The van der Waals surface area contributed by atoms with Crippen LogP contribution in [0.25, 0.3) is 16.9 Å². The number of aromatic nitrogens is 3. The normalized spacial score (nSPS) is 11.4. The molecule has 4 aromatic rings. The van der Waals surface area contributed by atoms with Gasteiger partial charge in [-0.3, -0.25) is 9.59 Å². The molecule has 0 saturated carbocycles. The number of fused-ring (bicyclic) bond motifs is 1. The summed E-state index contributed by atoms with van der Waals surface area (Å²) in [5.41, 5.74) is 8.77. The van der Waals surface area contributed by atoms with Gasteiger partial charge in [-0.05, 0) is 26.0 Å². The van der Waals surface area contributed by atoms with Crippen LogP contribution in [0.3, 0.4) is 0 Å². The number of azo groups is 1. The number of anilines is 1. The molecule has 0 bridgehead atoms. The van der Waals surface area contributed by atoms with E-state index >= 15 is 0 Å². The fourth-order valence-electron chi connectivity index (χ4n) is 3.09. The molecule has 2 heterocycles. The molecule has 0 aliphatic carbocycles. The summed E-state index contributed by atoms with van der Waals surface area (Å²) < 4.78 is 1.44. The number of hydrogen-bond acceptors (Lipinski definition) is 6. The number of carbonyl (C=O) groups excluding carboxylic acids is 1. The van der Waals surface area contributed by atoms with E-state index in [-0.39, 0.29) is 28.5 Å². The SMILES string of the molecule is CC(=O)c1c(-c2ccc(C)cc2)n2nc(N)c(N=Nc3ccccc3)c2[nH]c1=O. The number of hydrogen-bond donors (Lipinski definition) is 2. The summed E-state index contributed by atoms with van der Waals surface area (Å²) in [5, 5.41) is 12.7. The van der Waals surface area contributed by atoms with E-state index in [1.54, 1.807) is 12.1 Å². The van der Waals surface area contributed by atoms with Crippen LogP contribution in [0.2, 0.25) is 0 Å². The van der Waals surface area contributed by atoms with Gasteiger partial charge in [-0.25, -0.2) is 4.52 Å². The zero-order valence-electron chi connectivity index (χ0n) is 15.9. The van der Waals surface area contributed by atoms with Crippen molar-refractivity contribution >= 4 is 28.6 Å². The molecule has 0 atom stereocenters. The van der Waals surface area contributed by atoms with E-state index in [1.807, 2.05) is 49.4 Å². The first kappa shape index (κ1) is 18.3. The maximum atomic E-state index is 12.7. The lowest BCUT2D eigenvalue weighted by Gasteiger charge is -2.09. The van der Waals surface area contributed by atoms with Gasteiger partial charge in [-0.1, -0.05) is 48.0 Å². The van der Waals surface area contributed by atoms with E-state index in [0.29, 0.717) is 16.9 Å². The molecule has 0 aliphatic heterocycles. The first-order chi connectivity index (χ1) is 14.0. The highest BCUT2D eigenvalue weighted by Gasteiger charge is 2.22. The smallest absolute Gasteiger partial charge is 0.262 e. The Hall–Kier alpha value is -4.07. The van der Waals surface area contributed by atoms with Crippen LogP contribution in [0.4, 0.5) is 17.2 Å². The lowest BCUT2D eigenvalue weighted by molar-refractivity contribution is 0.101. The van der Waals surface area contributed by atoms with Crippen molar-refractivity contribution in [2.45, 2.75) is 13.8 Å². The van der Waals surface area contributed by atoms with Crippen LogP contribution in [-0.4, -0.2) is 20.4 Å². The van der Waals surface area contributed by atoms with Gasteiger partial charge in [0.05, 0.1) is 11.4 Å². The van der Waals surface area contributed by atoms with E-state index in [0.717, 1.165) is 5.56 Å². The number of nitrogens with one attached hydrogen (secondary N) is 1. The van der Waals surface area contributed by atoms with E-state index in [9.17, 15) is 9.59 Å². The highest BCUT2D eigenvalue weighted by molar-refractivity contribution is 6.00. The van der Waals surface area contributed by atoms with Crippen LogP contribution in [0.1, 0.15) is 22.8 Å². The Labute approximate surface area is 165 Å². The number of nitrogens with two attached hydrogens (primary N) is 1. The first-order valence-electron chi connectivity index (χ1n) is 8.95. The molecule has 29 heavy (non-hydrogen) atoms. The number of aryl methyl sites for hydroxylation is 1. The van der Waals surface area contributed by atoms with Crippen LogP contribution in [-0.2, 0) is 0 Å². The Morgan fingerprint density at radius 2 is 1.76 bits per heavy atom. The minimum Gasteiger partial charge on any atom is -0.380 e. The number of benzene rings is 2. The Bertz CT molecular complexity index is 1300. The average molecular weight is 386 g/mol. The lowest BCUT2D eigenvalue weighted by atomic mass is 10.0. The first-order valence-corrected chi connectivity index (χ1v) is 8.95. The predicted octanol–water partition coefficient (Wildman–Crippen LogP) is 4.20. The largest absolute Gasteiger partial charge is 0.380 e. The molecule has 0 aliphatic rings. The van der Waals surface area contributed by atoms with Gasteiger partial charge in [0.2, 0.25) is 0 Å². The molecule has 0 spiro atoms. The van der Waals surface area contributed by atoms with Gasteiger partial charge in [0, 0.05) is 5.56 Å². The van der Waals surface area contributed by atoms with Crippen molar-refractivity contribution in [1.29, 1.82) is 0 Å². The van der Waals surface area contributed by atoms with Gasteiger partial charge in [0.1, 0.15) is 5.56 Å². The molecule has 8 heteroatoms. The number of nitrogens with zero attached hydrogens (tertiary/aromatic N) is 4. The Morgan fingerprint density at radius 1 is 1.07 bits per heavy atom. The third-order valence-electron chi connectivity index (χ3n) is 4.49.